The fraction of sp³-hybridized carbons (Fsp3) is 0.273. The van der Waals surface area contributed by atoms with Gasteiger partial charge in [-0.25, -0.2) is 4.79 Å². The monoisotopic (exact) mass is 315 g/mol. The van der Waals surface area contributed by atoms with Crippen LogP contribution in [0.2, 0.25) is 0 Å². The van der Waals surface area contributed by atoms with E-state index in [2.05, 4.69) is 27.3 Å². The second kappa shape index (κ2) is 5.12. The molecule has 15 heavy (non-hydrogen) atoms. The van der Waals surface area contributed by atoms with Gasteiger partial charge in [0.15, 0.2) is 0 Å². The Labute approximate surface area is 102 Å². The van der Waals surface area contributed by atoms with Crippen LogP contribution in [0.25, 0.3) is 0 Å². The topological polar surface area (TPSA) is 50.1 Å². The molecule has 1 rings (SSSR count). The fourth-order valence-electron chi connectivity index (χ4n) is 1.35. The molecule has 0 aromatic heterocycles. The third-order valence-corrected chi connectivity index (χ3v) is 3.05. The number of esters is 1. The summed E-state index contributed by atoms with van der Waals surface area (Å²) < 4.78 is 5.61. The number of rotatable bonds is 2. The first-order valence-electron chi connectivity index (χ1n) is 4.44. The SMILES string of the molecule is CCc1c(I)cc(C#N)cc1C(=O)OC. The number of methoxy groups -OCH3 is 1. The third kappa shape index (κ3) is 2.48. The Morgan fingerprint density at radius 2 is 2.27 bits per heavy atom. The molecule has 78 valence electrons. The van der Waals surface area contributed by atoms with Crippen molar-refractivity contribution in [3.05, 3.63) is 32.4 Å². The minimum atomic E-state index is -0.387. The Morgan fingerprint density at radius 1 is 1.60 bits per heavy atom. The van der Waals surface area contributed by atoms with Crippen LogP contribution in [0.15, 0.2) is 12.1 Å². The highest BCUT2D eigenvalue weighted by molar-refractivity contribution is 14.1. The maximum absolute atomic E-state index is 11.5. The average Bonchev–Trinajstić information content (AvgIpc) is 2.26. The van der Waals surface area contributed by atoms with Gasteiger partial charge < -0.3 is 4.74 Å². The molecule has 0 aliphatic rings. The van der Waals surface area contributed by atoms with Gasteiger partial charge in [-0.1, -0.05) is 6.92 Å². The summed E-state index contributed by atoms with van der Waals surface area (Å²) in [6.45, 7) is 1.97. The van der Waals surface area contributed by atoms with Crippen molar-refractivity contribution in [1.29, 1.82) is 5.26 Å². The van der Waals surface area contributed by atoms with E-state index in [4.69, 9.17) is 5.26 Å². The summed E-state index contributed by atoms with van der Waals surface area (Å²) in [7, 11) is 1.34. The van der Waals surface area contributed by atoms with Crippen molar-refractivity contribution in [2.24, 2.45) is 0 Å². The van der Waals surface area contributed by atoms with Crippen LogP contribution in [0.5, 0.6) is 0 Å². The molecular formula is C11H10INO2. The molecule has 0 aliphatic carbocycles. The number of nitrogens with zero attached hydrogens (tertiary/aromatic N) is 1. The summed E-state index contributed by atoms with van der Waals surface area (Å²) in [5, 5.41) is 8.80. The van der Waals surface area contributed by atoms with Crippen LogP contribution in [0.1, 0.15) is 28.4 Å². The van der Waals surface area contributed by atoms with Crippen molar-refractivity contribution in [2.75, 3.05) is 7.11 Å². The first kappa shape index (κ1) is 12.0. The molecule has 0 unspecified atom stereocenters. The van der Waals surface area contributed by atoms with E-state index in [1.54, 1.807) is 12.1 Å². The minimum Gasteiger partial charge on any atom is -0.465 e. The largest absolute Gasteiger partial charge is 0.465 e. The zero-order valence-corrected chi connectivity index (χ0v) is 10.7. The summed E-state index contributed by atoms with van der Waals surface area (Å²) in [5.74, 6) is -0.387. The van der Waals surface area contributed by atoms with Gasteiger partial charge in [0.2, 0.25) is 0 Å². The molecule has 0 N–H and O–H groups in total. The number of nitriles is 1. The molecule has 0 aliphatic heterocycles. The van der Waals surface area contributed by atoms with E-state index in [1.807, 2.05) is 13.0 Å². The number of benzene rings is 1. The van der Waals surface area contributed by atoms with Gasteiger partial charge in [-0.05, 0) is 46.7 Å². The normalized spacial score (nSPS) is 9.47. The molecule has 0 heterocycles. The first-order chi connectivity index (χ1) is 7.13. The number of hydrogen-bond donors (Lipinski definition) is 0. The summed E-state index contributed by atoms with van der Waals surface area (Å²) in [4.78, 5) is 11.5. The zero-order chi connectivity index (χ0) is 11.4. The molecule has 0 saturated carbocycles. The summed E-state index contributed by atoms with van der Waals surface area (Å²) in [6, 6.07) is 5.37. The van der Waals surface area contributed by atoms with Crippen molar-refractivity contribution >= 4 is 28.6 Å². The van der Waals surface area contributed by atoms with Crippen molar-refractivity contribution < 1.29 is 9.53 Å². The van der Waals surface area contributed by atoms with Crippen LogP contribution in [0.3, 0.4) is 0 Å². The van der Waals surface area contributed by atoms with Crippen molar-refractivity contribution in [3.63, 3.8) is 0 Å². The summed E-state index contributed by atoms with van der Waals surface area (Å²) >= 11 is 2.13. The predicted octanol–water partition coefficient (Wildman–Crippen LogP) is 2.51. The Morgan fingerprint density at radius 3 is 2.73 bits per heavy atom. The Kier molecular flexibility index (Phi) is 4.09. The zero-order valence-electron chi connectivity index (χ0n) is 8.50. The van der Waals surface area contributed by atoms with Crippen LogP contribution in [0.4, 0.5) is 0 Å². The van der Waals surface area contributed by atoms with Gasteiger partial charge in [0, 0.05) is 3.57 Å². The maximum atomic E-state index is 11.5. The molecule has 0 spiro atoms. The lowest BCUT2D eigenvalue weighted by atomic mass is 10.0. The highest BCUT2D eigenvalue weighted by Crippen LogP contribution is 2.21. The quantitative estimate of drug-likeness (QED) is 0.622. The number of ether oxygens (including phenoxy) is 1. The molecule has 0 saturated heterocycles. The van der Waals surface area contributed by atoms with Crippen LogP contribution >= 0.6 is 22.6 Å². The summed E-state index contributed by atoms with van der Waals surface area (Å²) in [5.41, 5.74) is 1.90. The maximum Gasteiger partial charge on any atom is 0.338 e. The minimum absolute atomic E-state index is 0.387. The van der Waals surface area contributed by atoms with Gasteiger partial charge in [0.25, 0.3) is 0 Å². The molecule has 1 aromatic carbocycles. The summed E-state index contributed by atoms with van der Waals surface area (Å²) in [6.07, 6.45) is 0.744. The van der Waals surface area contributed by atoms with Crippen molar-refractivity contribution in [3.8, 4) is 6.07 Å². The second-order valence-corrected chi connectivity index (χ2v) is 4.10. The van der Waals surface area contributed by atoms with E-state index < -0.39 is 0 Å². The molecule has 3 nitrogen and oxygen atoms in total. The molecule has 1 aromatic rings. The second-order valence-electron chi connectivity index (χ2n) is 2.94. The Bertz CT molecular complexity index is 435. The first-order valence-corrected chi connectivity index (χ1v) is 5.52. The van der Waals surface area contributed by atoms with E-state index >= 15 is 0 Å². The van der Waals surface area contributed by atoms with Crippen LogP contribution in [0, 0.1) is 14.9 Å². The van der Waals surface area contributed by atoms with Gasteiger partial charge in [-0.15, -0.1) is 0 Å². The molecule has 0 radical (unpaired) electrons. The fourth-order valence-corrected chi connectivity index (χ4v) is 2.36. The van der Waals surface area contributed by atoms with Gasteiger partial charge in [-0.2, -0.15) is 5.26 Å². The van der Waals surface area contributed by atoms with Gasteiger partial charge in [0.05, 0.1) is 24.3 Å². The standard InChI is InChI=1S/C11H10INO2/c1-3-8-9(11(14)15-2)4-7(6-13)5-10(8)12/h4-5H,3H2,1-2H3. The lowest BCUT2D eigenvalue weighted by Crippen LogP contribution is -2.07. The molecule has 0 fully saturated rings. The van der Waals surface area contributed by atoms with E-state index in [9.17, 15) is 4.79 Å². The van der Waals surface area contributed by atoms with Crippen LogP contribution in [-0.4, -0.2) is 13.1 Å². The Balaban J connectivity index is 3.40. The number of halogens is 1. The van der Waals surface area contributed by atoms with Gasteiger partial charge in [0.1, 0.15) is 0 Å². The van der Waals surface area contributed by atoms with Gasteiger partial charge >= 0.3 is 5.97 Å². The third-order valence-electron chi connectivity index (χ3n) is 2.08. The number of carbonyl (C=O) groups excluding carboxylic acids is 1. The molecule has 4 heteroatoms. The van der Waals surface area contributed by atoms with Crippen molar-refractivity contribution in [1.82, 2.24) is 0 Å². The van der Waals surface area contributed by atoms with Crippen LogP contribution in [-0.2, 0) is 11.2 Å². The average molecular weight is 315 g/mol. The molecule has 0 atom stereocenters. The highest BCUT2D eigenvalue weighted by Gasteiger charge is 2.14. The number of hydrogen-bond acceptors (Lipinski definition) is 3. The highest BCUT2D eigenvalue weighted by atomic mass is 127. The molecule has 0 amide bonds. The molecule has 0 bridgehead atoms. The predicted molar refractivity (Wildman–Crippen MR) is 64.6 cm³/mol. The smallest absolute Gasteiger partial charge is 0.338 e. The number of carbonyl (C=O) groups is 1. The van der Waals surface area contributed by atoms with E-state index in [0.29, 0.717) is 11.1 Å². The van der Waals surface area contributed by atoms with Crippen LogP contribution < -0.4 is 0 Å². The van der Waals surface area contributed by atoms with Gasteiger partial charge in [-0.3, -0.25) is 0 Å². The van der Waals surface area contributed by atoms with E-state index in [-0.39, 0.29) is 5.97 Å². The lowest BCUT2D eigenvalue weighted by Gasteiger charge is -2.08. The Hall–Kier alpha value is -1.09. The van der Waals surface area contributed by atoms with Crippen molar-refractivity contribution in [2.45, 2.75) is 13.3 Å². The van der Waals surface area contributed by atoms with E-state index in [0.717, 1.165) is 15.6 Å². The lowest BCUT2D eigenvalue weighted by molar-refractivity contribution is 0.0599. The molecular weight excluding hydrogens is 305 g/mol. The van der Waals surface area contributed by atoms with E-state index in [1.165, 1.54) is 7.11 Å².